The Balaban J connectivity index is 1.95. The first-order valence-electron chi connectivity index (χ1n) is 16.3. The molecule has 7 atom stereocenters. The molecule has 284 valence electrons. The maximum Gasteiger partial charge on any atom is 0.408 e. The summed E-state index contributed by atoms with van der Waals surface area (Å²) in [4.78, 5) is 86.3. The van der Waals surface area contributed by atoms with Gasteiger partial charge in [-0.15, -0.1) is 0 Å². The third-order valence-corrected chi connectivity index (χ3v) is 7.30. The van der Waals surface area contributed by atoms with E-state index >= 15 is 0 Å². The van der Waals surface area contributed by atoms with E-state index < -0.39 is 95.7 Å². The van der Waals surface area contributed by atoms with Crippen molar-refractivity contribution in [2.24, 2.45) is 0 Å². The second-order valence-electron chi connectivity index (χ2n) is 13.2. The van der Waals surface area contributed by atoms with Gasteiger partial charge >= 0.3 is 12.1 Å². The molecule has 0 aromatic heterocycles. The summed E-state index contributed by atoms with van der Waals surface area (Å²) in [6.45, 7) is 11.0. The van der Waals surface area contributed by atoms with Crippen LogP contribution in [0.25, 0.3) is 0 Å². The van der Waals surface area contributed by atoms with Gasteiger partial charge in [0.2, 0.25) is 29.5 Å². The van der Waals surface area contributed by atoms with Crippen LogP contribution in [0.3, 0.4) is 0 Å². The standard InChI is InChI=1S/C31H52N6O13/c1-16(26(42)33-12-10-19(38)34-15-21(40)32-13-11-22(41)45-8)35-20(39)14-18(37-27(43)17(2)36-29(44)50-30(3,4)5)23-24(46-9)25-28(47-23)49-31(6,7)48-25/h16-18,23-25,28H,10-15H2,1-9H3,(H,32,40)(H,33,42)(H,34,38)(H,35,39)(H,36,44)(H,37,43)/t16-,17-,18-,23+,24-,25+,28+/m0/s1. The minimum atomic E-state index is -1.06. The fraction of sp³-hybridized carbons (Fsp3) is 0.774. The Bertz CT molecular complexity index is 1240. The zero-order chi connectivity index (χ0) is 37.8. The van der Waals surface area contributed by atoms with Crippen molar-refractivity contribution in [1.29, 1.82) is 0 Å². The molecule has 19 heteroatoms. The van der Waals surface area contributed by atoms with Crippen LogP contribution in [0.15, 0.2) is 0 Å². The SMILES string of the molecule is COC(=O)CCNC(=O)CNC(=O)CCNC(=O)[C@H](C)NC(=O)C[C@H](NC(=O)[C@H](C)NC(=O)OC(C)(C)C)[C@H]1O[C@@H]2OC(C)(C)O[C@@H]2[C@H]1OC. The number of alkyl carbamates (subject to hydrolysis) is 1. The van der Waals surface area contributed by atoms with Gasteiger partial charge in [-0.2, -0.15) is 0 Å². The number of hydrogen-bond donors (Lipinski definition) is 6. The summed E-state index contributed by atoms with van der Waals surface area (Å²) in [7, 11) is 2.66. The average molecular weight is 717 g/mol. The van der Waals surface area contributed by atoms with E-state index in [2.05, 4.69) is 36.6 Å². The van der Waals surface area contributed by atoms with Crippen LogP contribution in [0, 0.1) is 0 Å². The molecule has 0 saturated carbocycles. The Labute approximate surface area is 291 Å². The predicted octanol–water partition coefficient (Wildman–Crippen LogP) is -1.53. The highest BCUT2D eigenvalue weighted by Crippen LogP contribution is 2.39. The lowest BCUT2D eigenvalue weighted by atomic mass is 9.99. The van der Waals surface area contributed by atoms with Gasteiger partial charge in [-0.3, -0.25) is 28.8 Å². The Morgan fingerprint density at radius 3 is 2.04 bits per heavy atom. The molecule has 2 saturated heterocycles. The highest BCUT2D eigenvalue weighted by molar-refractivity contribution is 5.89. The van der Waals surface area contributed by atoms with Gasteiger partial charge in [-0.25, -0.2) is 4.79 Å². The van der Waals surface area contributed by atoms with Gasteiger partial charge in [0.1, 0.15) is 36.0 Å². The van der Waals surface area contributed by atoms with E-state index in [1.54, 1.807) is 34.6 Å². The third-order valence-electron chi connectivity index (χ3n) is 7.30. The average Bonchev–Trinajstić information content (AvgIpc) is 3.49. The van der Waals surface area contributed by atoms with Crippen LogP contribution >= 0.6 is 0 Å². The number of esters is 1. The third kappa shape index (κ3) is 14.0. The molecular weight excluding hydrogens is 664 g/mol. The summed E-state index contributed by atoms with van der Waals surface area (Å²) in [5, 5.41) is 15.1. The van der Waals surface area contributed by atoms with Crippen molar-refractivity contribution in [3.8, 4) is 0 Å². The molecule has 0 radical (unpaired) electrons. The summed E-state index contributed by atoms with van der Waals surface area (Å²) < 4.78 is 33.2. The molecule has 0 aromatic rings. The lowest BCUT2D eigenvalue weighted by Gasteiger charge is -2.31. The van der Waals surface area contributed by atoms with Gasteiger partial charge in [0.05, 0.1) is 26.1 Å². The molecule has 2 aliphatic rings. The van der Waals surface area contributed by atoms with Gasteiger partial charge in [0.15, 0.2) is 12.1 Å². The van der Waals surface area contributed by atoms with Crippen LogP contribution in [0.1, 0.15) is 67.7 Å². The molecule has 0 spiro atoms. The largest absolute Gasteiger partial charge is 0.469 e. The van der Waals surface area contributed by atoms with Crippen LogP contribution in [-0.2, 0) is 57.2 Å². The number of fused-ring (bicyclic) bond motifs is 1. The van der Waals surface area contributed by atoms with Crippen molar-refractivity contribution in [3.63, 3.8) is 0 Å². The van der Waals surface area contributed by atoms with E-state index in [4.69, 9.17) is 23.7 Å². The normalized spacial score (nSPS) is 22.5. The van der Waals surface area contributed by atoms with Crippen molar-refractivity contribution < 1.29 is 62.0 Å². The van der Waals surface area contributed by atoms with Gasteiger partial charge in [-0.1, -0.05) is 0 Å². The van der Waals surface area contributed by atoms with Crippen LogP contribution in [0.2, 0.25) is 0 Å². The number of methoxy groups -OCH3 is 2. The lowest BCUT2D eigenvalue weighted by molar-refractivity contribution is -0.220. The number of amides is 6. The van der Waals surface area contributed by atoms with Crippen LogP contribution in [0.4, 0.5) is 4.79 Å². The van der Waals surface area contributed by atoms with E-state index in [9.17, 15) is 33.6 Å². The highest BCUT2D eigenvalue weighted by atomic mass is 16.8. The Morgan fingerprint density at radius 2 is 1.42 bits per heavy atom. The van der Waals surface area contributed by atoms with Crippen molar-refractivity contribution in [1.82, 2.24) is 31.9 Å². The van der Waals surface area contributed by atoms with Crippen molar-refractivity contribution >= 4 is 41.6 Å². The molecule has 2 heterocycles. The van der Waals surface area contributed by atoms with E-state index in [1.165, 1.54) is 28.1 Å². The van der Waals surface area contributed by atoms with Crippen molar-refractivity contribution in [2.45, 2.75) is 122 Å². The summed E-state index contributed by atoms with van der Waals surface area (Å²) in [6.07, 6.45) is -4.52. The molecule has 0 unspecified atom stereocenters. The monoisotopic (exact) mass is 716 g/mol. The molecule has 19 nitrogen and oxygen atoms in total. The van der Waals surface area contributed by atoms with Gasteiger partial charge < -0.3 is 60.3 Å². The highest BCUT2D eigenvalue weighted by Gasteiger charge is 2.57. The second-order valence-corrected chi connectivity index (χ2v) is 13.2. The van der Waals surface area contributed by atoms with Crippen molar-refractivity contribution in [3.05, 3.63) is 0 Å². The Hall–Kier alpha value is -4.07. The first-order chi connectivity index (χ1) is 23.2. The van der Waals surface area contributed by atoms with E-state index in [-0.39, 0.29) is 38.9 Å². The quantitative estimate of drug-likeness (QED) is 0.0937. The van der Waals surface area contributed by atoms with Gasteiger partial charge in [-0.05, 0) is 48.5 Å². The topological polar surface area (TPSA) is 247 Å². The first-order valence-corrected chi connectivity index (χ1v) is 16.3. The number of carbonyl (C=O) groups is 7. The molecular formula is C31H52N6O13. The fourth-order valence-electron chi connectivity index (χ4n) is 4.96. The van der Waals surface area contributed by atoms with Crippen LogP contribution < -0.4 is 31.9 Å². The predicted molar refractivity (Wildman–Crippen MR) is 173 cm³/mol. The summed E-state index contributed by atoms with van der Waals surface area (Å²) >= 11 is 0. The molecule has 50 heavy (non-hydrogen) atoms. The lowest BCUT2D eigenvalue weighted by Crippen LogP contribution is -2.56. The van der Waals surface area contributed by atoms with Crippen molar-refractivity contribution in [2.75, 3.05) is 33.9 Å². The van der Waals surface area contributed by atoms with E-state index in [0.29, 0.717) is 0 Å². The molecule has 0 aliphatic carbocycles. The molecule has 0 aromatic carbocycles. The number of carbonyl (C=O) groups excluding carboxylic acids is 7. The number of nitrogens with one attached hydrogen (secondary N) is 6. The number of hydrogen-bond acceptors (Lipinski definition) is 13. The molecule has 6 N–H and O–H groups in total. The maximum atomic E-state index is 13.2. The van der Waals surface area contributed by atoms with Crippen LogP contribution in [0.5, 0.6) is 0 Å². The zero-order valence-corrected chi connectivity index (χ0v) is 30.1. The number of ether oxygens (including phenoxy) is 6. The maximum absolute atomic E-state index is 13.2. The first kappa shape index (κ1) is 42.1. The minimum Gasteiger partial charge on any atom is -0.469 e. The molecule has 6 amide bonds. The Kier molecular flexibility index (Phi) is 15.8. The van der Waals surface area contributed by atoms with E-state index in [1.807, 2.05) is 0 Å². The van der Waals surface area contributed by atoms with E-state index in [0.717, 1.165) is 0 Å². The molecule has 2 rings (SSSR count). The molecule has 2 aliphatic heterocycles. The summed E-state index contributed by atoms with van der Waals surface area (Å²) in [5.74, 6) is -4.31. The smallest absolute Gasteiger partial charge is 0.408 e. The second kappa shape index (κ2) is 18.8. The molecule has 0 bridgehead atoms. The Morgan fingerprint density at radius 1 is 0.780 bits per heavy atom. The molecule has 2 fully saturated rings. The zero-order valence-electron chi connectivity index (χ0n) is 30.1. The van der Waals surface area contributed by atoms with Gasteiger partial charge in [0.25, 0.3) is 0 Å². The summed E-state index contributed by atoms with van der Waals surface area (Å²) in [6, 6.07) is -3.12. The summed E-state index contributed by atoms with van der Waals surface area (Å²) in [5.41, 5.74) is -0.794. The van der Waals surface area contributed by atoms with Gasteiger partial charge in [0, 0.05) is 33.0 Å². The number of rotatable bonds is 17. The minimum absolute atomic E-state index is 0.00978. The van der Waals surface area contributed by atoms with Crippen LogP contribution in [-0.4, -0.2) is 130 Å². The fourth-order valence-corrected chi connectivity index (χ4v) is 4.96.